The van der Waals surface area contributed by atoms with Crippen molar-refractivity contribution in [2.24, 2.45) is 4.99 Å². The van der Waals surface area contributed by atoms with Crippen molar-refractivity contribution < 1.29 is 4.74 Å². The van der Waals surface area contributed by atoms with Gasteiger partial charge in [0.05, 0.1) is 16.5 Å². The molecule has 0 heterocycles. The summed E-state index contributed by atoms with van der Waals surface area (Å²) in [6.07, 6.45) is 1.84. The van der Waals surface area contributed by atoms with Crippen LogP contribution in [-0.4, -0.2) is 24.8 Å². The molecule has 2 aromatic carbocycles. The molecule has 0 spiro atoms. The van der Waals surface area contributed by atoms with Crippen LogP contribution in [0.3, 0.4) is 0 Å². The summed E-state index contributed by atoms with van der Waals surface area (Å²) in [6.45, 7) is 7.09. The van der Waals surface area contributed by atoms with Gasteiger partial charge in [-0.1, -0.05) is 18.2 Å². The van der Waals surface area contributed by atoms with Crippen LogP contribution in [-0.2, 0) is 0 Å². The SMILES string of the molecule is CCN(C)/C=N/c1cc(Br)c(Oc2ccccc2C)cc1C. The molecule has 0 unspecified atom stereocenters. The molecule has 2 aromatic rings. The largest absolute Gasteiger partial charge is 0.456 e. The summed E-state index contributed by atoms with van der Waals surface area (Å²) < 4.78 is 6.91. The number of aliphatic imine (C=N–C) groups is 1. The van der Waals surface area contributed by atoms with E-state index in [1.807, 2.05) is 68.5 Å². The molecule has 116 valence electrons. The normalized spacial score (nSPS) is 11.0. The monoisotopic (exact) mass is 360 g/mol. The van der Waals surface area contributed by atoms with Crippen molar-refractivity contribution in [3.63, 3.8) is 0 Å². The smallest absolute Gasteiger partial charge is 0.142 e. The van der Waals surface area contributed by atoms with Crippen LogP contribution in [0.4, 0.5) is 5.69 Å². The molecule has 0 N–H and O–H groups in total. The Morgan fingerprint density at radius 1 is 1.14 bits per heavy atom. The number of aryl methyl sites for hydroxylation is 2. The number of halogens is 1. The molecule has 0 saturated carbocycles. The summed E-state index contributed by atoms with van der Waals surface area (Å²) in [5.74, 6) is 1.67. The third kappa shape index (κ3) is 4.10. The molecule has 0 bridgehead atoms. The molecular formula is C18H21BrN2O. The maximum absolute atomic E-state index is 6.01. The molecule has 0 aliphatic heterocycles. The Bertz CT molecular complexity index is 683. The Hall–Kier alpha value is -1.81. The standard InChI is InChI=1S/C18H21BrN2O/c1-5-21(4)12-20-16-11-15(19)18(10-14(16)3)22-17-9-7-6-8-13(17)2/h6-12H,5H2,1-4H3/b20-12+. The van der Waals surface area contributed by atoms with E-state index in [2.05, 4.69) is 27.8 Å². The van der Waals surface area contributed by atoms with Gasteiger partial charge in [-0.15, -0.1) is 0 Å². The average molecular weight is 361 g/mol. The molecule has 3 nitrogen and oxygen atoms in total. The Balaban J connectivity index is 2.27. The van der Waals surface area contributed by atoms with Crippen LogP contribution in [0.2, 0.25) is 0 Å². The Morgan fingerprint density at radius 2 is 1.86 bits per heavy atom. The maximum atomic E-state index is 6.01. The molecule has 0 atom stereocenters. The first kappa shape index (κ1) is 16.6. The predicted molar refractivity (Wildman–Crippen MR) is 96.6 cm³/mol. The summed E-state index contributed by atoms with van der Waals surface area (Å²) in [7, 11) is 2.00. The van der Waals surface area contributed by atoms with Crippen molar-refractivity contribution in [3.8, 4) is 11.5 Å². The molecule has 0 aliphatic carbocycles. The second-order valence-electron chi connectivity index (χ2n) is 5.25. The van der Waals surface area contributed by atoms with Crippen molar-refractivity contribution in [2.75, 3.05) is 13.6 Å². The highest BCUT2D eigenvalue weighted by atomic mass is 79.9. The molecule has 4 heteroatoms. The topological polar surface area (TPSA) is 24.8 Å². The maximum Gasteiger partial charge on any atom is 0.142 e. The first-order valence-corrected chi connectivity index (χ1v) is 8.08. The third-order valence-electron chi connectivity index (χ3n) is 3.46. The minimum absolute atomic E-state index is 0.801. The van der Waals surface area contributed by atoms with E-state index in [4.69, 9.17) is 4.74 Å². The van der Waals surface area contributed by atoms with Crippen LogP contribution in [0.15, 0.2) is 45.9 Å². The summed E-state index contributed by atoms with van der Waals surface area (Å²) in [4.78, 5) is 6.55. The molecule has 0 amide bonds. The molecule has 0 fully saturated rings. The number of nitrogens with zero attached hydrogens (tertiary/aromatic N) is 2. The first-order valence-electron chi connectivity index (χ1n) is 7.29. The lowest BCUT2D eigenvalue weighted by molar-refractivity contribution is 0.475. The zero-order chi connectivity index (χ0) is 16.1. The molecule has 0 radical (unpaired) electrons. The zero-order valence-electron chi connectivity index (χ0n) is 13.4. The van der Waals surface area contributed by atoms with E-state index in [0.29, 0.717) is 0 Å². The minimum atomic E-state index is 0.801. The number of benzene rings is 2. The van der Waals surface area contributed by atoms with Crippen molar-refractivity contribution in [3.05, 3.63) is 52.0 Å². The van der Waals surface area contributed by atoms with Gasteiger partial charge >= 0.3 is 0 Å². The zero-order valence-corrected chi connectivity index (χ0v) is 15.0. The van der Waals surface area contributed by atoms with Crippen molar-refractivity contribution in [2.45, 2.75) is 20.8 Å². The van der Waals surface area contributed by atoms with E-state index < -0.39 is 0 Å². The minimum Gasteiger partial charge on any atom is -0.456 e. The molecular weight excluding hydrogens is 340 g/mol. The fourth-order valence-electron chi connectivity index (χ4n) is 1.89. The molecule has 2 rings (SSSR count). The predicted octanol–water partition coefficient (Wildman–Crippen LogP) is 5.47. The number of rotatable bonds is 5. The van der Waals surface area contributed by atoms with E-state index in [9.17, 15) is 0 Å². The highest BCUT2D eigenvalue weighted by Crippen LogP contribution is 2.36. The van der Waals surface area contributed by atoms with Crippen LogP contribution in [0, 0.1) is 13.8 Å². The van der Waals surface area contributed by atoms with E-state index in [-0.39, 0.29) is 0 Å². The summed E-state index contributed by atoms with van der Waals surface area (Å²) in [5, 5.41) is 0. The molecule has 0 aliphatic rings. The van der Waals surface area contributed by atoms with Gasteiger partial charge in [-0.05, 0) is 66.0 Å². The van der Waals surface area contributed by atoms with E-state index in [1.165, 1.54) is 0 Å². The van der Waals surface area contributed by atoms with Gasteiger partial charge in [-0.25, -0.2) is 4.99 Å². The van der Waals surface area contributed by atoms with Gasteiger partial charge in [0.15, 0.2) is 0 Å². The fraction of sp³-hybridized carbons (Fsp3) is 0.278. The fourth-order valence-corrected chi connectivity index (χ4v) is 2.31. The Kier molecular flexibility index (Phi) is 5.61. The summed E-state index contributed by atoms with van der Waals surface area (Å²) in [6, 6.07) is 12.0. The van der Waals surface area contributed by atoms with Gasteiger partial charge in [0, 0.05) is 13.6 Å². The molecule has 0 saturated heterocycles. The van der Waals surface area contributed by atoms with Crippen molar-refractivity contribution >= 4 is 28.0 Å². The van der Waals surface area contributed by atoms with Crippen LogP contribution >= 0.6 is 15.9 Å². The quantitative estimate of drug-likeness (QED) is 0.521. The Morgan fingerprint density at radius 3 is 2.55 bits per heavy atom. The van der Waals surface area contributed by atoms with Gasteiger partial charge in [-0.3, -0.25) is 0 Å². The lowest BCUT2D eigenvalue weighted by Crippen LogP contribution is -2.14. The summed E-state index contributed by atoms with van der Waals surface area (Å²) in [5.41, 5.74) is 3.12. The lowest BCUT2D eigenvalue weighted by Gasteiger charge is -2.13. The van der Waals surface area contributed by atoms with E-state index in [0.717, 1.165) is 39.3 Å². The third-order valence-corrected chi connectivity index (χ3v) is 4.08. The van der Waals surface area contributed by atoms with Gasteiger partial charge < -0.3 is 9.64 Å². The van der Waals surface area contributed by atoms with Gasteiger partial charge in [0.25, 0.3) is 0 Å². The van der Waals surface area contributed by atoms with Crippen LogP contribution < -0.4 is 4.74 Å². The average Bonchev–Trinajstić information content (AvgIpc) is 2.51. The van der Waals surface area contributed by atoms with Crippen molar-refractivity contribution in [1.29, 1.82) is 0 Å². The van der Waals surface area contributed by atoms with Gasteiger partial charge in [0.2, 0.25) is 0 Å². The number of hydrogen-bond acceptors (Lipinski definition) is 2. The van der Waals surface area contributed by atoms with E-state index in [1.54, 1.807) is 0 Å². The number of para-hydroxylation sites is 1. The first-order chi connectivity index (χ1) is 10.5. The molecule has 0 aromatic heterocycles. The second-order valence-corrected chi connectivity index (χ2v) is 6.11. The molecule has 22 heavy (non-hydrogen) atoms. The van der Waals surface area contributed by atoms with Gasteiger partial charge in [0.1, 0.15) is 11.5 Å². The van der Waals surface area contributed by atoms with Crippen LogP contribution in [0.25, 0.3) is 0 Å². The Labute approximate surface area is 140 Å². The van der Waals surface area contributed by atoms with E-state index >= 15 is 0 Å². The lowest BCUT2D eigenvalue weighted by atomic mass is 10.2. The summed E-state index contributed by atoms with van der Waals surface area (Å²) >= 11 is 3.57. The number of hydrogen-bond donors (Lipinski definition) is 0. The number of ether oxygens (including phenoxy) is 1. The highest BCUT2D eigenvalue weighted by molar-refractivity contribution is 9.10. The van der Waals surface area contributed by atoms with Crippen molar-refractivity contribution in [1.82, 2.24) is 4.90 Å². The highest BCUT2D eigenvalue weighted by Gasteiger charge is 2.08. The van der Waals surface area contributed by atoms with Crippen LogP contribution in [0.5, 0.6) is 11.5 Å². The second kappa shape index (κ2) is 7.45. The van der Waals surface area contributed by atoms with Crippen LogP contribution in [0.1, 0.15) is 18.1 Å². The van der Waals surface area contributed by atoms with Gasteiger partial charge in [-0.2, -0.15) is 0 Å².